The van der Waals surface area contributed by atoms with Gasteiger partial charge in [0.2, 0.25) is 0 Å². The molecule has 0 bridgehead atoms. The normalized spacial score (nSPS) is 11.3. The van der Waals surface area contributed by atoms with Crippen LogP contribution >= 0.6 is 0 Å². The summed E-state index contributed by atoms with van der Waals surface area (Å²) >= 11 is 0. The van der Waals surface area contributed by atoms with Crippen molar-refractivity contribution in [3.05, 3.63) is 30.1 Å². The summed E-state index contributed by atoms with van der Waals surface area (Å²) in [6.07, 6.45) is 1.95. The third-order valence-electron chi connectivity index (χ3n) is 3.32. The Balaban J connectivity index is 1.73. The molecular weight excluding hydrogens is 280 g/mol. The number of rotatable bonds is 5. The van der Waals surface area contributed by atoms with E-state index in [-0.39, 0.29) is 0 Å². The molecule has 0 radical (unpaired) electrons. The zero-order chi connectivity index (χ0) is 15.7. The number of hydrogen-bond donors (Lipinski definition) is 1. The number of nitrogens with one attached hydrogen (secondary N) is 1. The maximum atomic E-state index is 5.70. The lowest BCUT2D eigenvalue weighted by Gasteiger charge is -2.04. The van der Waals surface area contributed by atoms with Gasteiger partial charge in [-0.1, -0.05) is 5.21 Å². The van der Waals surface area contributed by atoms with Gasteiger partial charge in [-0.3, -0.25) is 0 Å². The molecule has 0 aliphatic rings. The molecule has 0 aliphatic heterocycles. The Kier molecular flexibility index (Phi) is 3.70. The minimum Gasteiger partial charge on any atom is -0.423 e. The van der Waals surface area contributed by atoms with Crippen LogP contribution in [-0.4, -0.2) is 34.1 Å². The van der Waals surface area contributed by atoms with Crippen LogP contribution in [0.25, 0.3) is 11.1 Å². The second-order valence-electron chi connectivity index (χ2n) is 5.71. The molecule has 0 spiro atoms. The molecule has 7 nitrogen and oxygen atoms in total. The lowest BCUT2D eigenvalue weighted by Crippen LogP contribution is -2.08. The molecule has 0 atom stereocenters. The number of aromatic nitrogens is 4. The molecule has 0 aliphatic carbocycles. The van der Waals surface area contributed by atoms with E-state index in [1.165, 1.54) is 0 Å². The fraction of sp³-hybridized carbons (Fsp3) is 0.400. The number of oxazole rings is 1. The van der Waals surface area contributed by atoms with Gasteiger partial charge in [0.1, 0.15) is 11.2 Å². The van der Waals surface area contributed by atoms with Gasteiger partial charge in [-0.25, -0.2) is 4.68 Å². The van der Waals surface area contributed by atoms with E-state index < -0.39 is 0 Å². The molecule has 1 aromatic carbocycles. The predicted molar refractivity (Wildman–Crippen MR) is 86.1 cm³/mol. The minimum atomic E-state index is 0.316. The van der Waals surface area contributed by atoms with Crippen molar-refractivity contribution in [3.63, 3.8) is 0 Å². The fourth-order valence-electron chi connectivity index (χ4n) is 2.05. The molecule has 0 unspecified atom stereocenters. The van der Waals surface area contributed by atoms with E-state index in [1.807, 2.05) is 48.1 Å². The lowest BCUT2D eigenvalue weighted by molar-refractivity contribution is 0.514. The Labute approximate surface area is 128 Å². The summed E-state index contributed by atoms with van der Waals surface area (Å²) in [5, 5.41) is 11.6. The summed E-state index contributed by atoms with van der Waals surface area (Å²) < 4.78 is 7.55. The van der Waals surface area contributed by atoms with Gasteiger partial charge in [-0.15, -0.1) is 5.10 Å². The van der Waals surface area contributed by atoms with Gasteiger partial charge in [0, 0.05) is 31.9 Å². The van der Waals surface area contributed by atoms with Crippen molar-refractivity contribution in [1.29, 1.82) is 0 Å². The van der Waals surface area contributed by atoms with Crippen LogP contribution in [0.1, 0.15) is 25.6 Å². The Morgan fingerprint density at radius 2 is 2.14 bits per heavy atom. The molecule has 2 heterocycles. The van der Waals surface area contributed by atoms with Crippen LogP contribution in [0.3, 0.4) is 0 Å². The Hall–Kier alpha value is -2.57. The molecule has 0 fully saturated rings. The number of nitrogens with zero attached hydrogens (tertiary/aromatic N) is 5. The average Bonchev–Trinajstić information content (AvgIpc) is 3.11. The smallest absolute Gasteiger partial charge is 0.297 e. The van der Waals surface area contributed by atoms with Gasteiger partial charge in [0.25, 0.3) is 6.01 Å². The molecule has 1 N–H and O–H groups in total. The van der Waals surface area contributed by atoms with Gasteiger partial charge < -0.3 is 14.6 Å². The first-order valence-electron chi connectivity index (χ1n) is 7.25. The lowest BCUT2D eigenvalue weighted by atomic mass is 10.3. The molecule has 0 saturated carbocycles. The minimum absolute atomic E-state index is 0.316. The average molecular weight is 300 g/mol. The van der Waals surface area contributed by atoms with E-state index >= 15 is 0 Å². The number of benzene rings is 1. The van der Waals surface area contributed by atoms with Crippen molar-refractivity contribution in [2.24, 2.45) is 0 Å². The largest absolute Gasteiger partial charge is 0.423 e. The SMILES string of the molecule is CC(C)n1cc(CNc2ccc3nc(N(C)C)oc3c2)nn1. The summed E-state index contributed by atoms with van der Waals surface area (Å²) in [7, 11) is 3.81. The zero-order valence-electron chi connectivity index (χ0n) is 13.2. The first-order chi connectivity index (χ1) is 10.5. The number of hydrogen-bond acceptors (Lipinski definition) is 6. The second-order valence-corrected chi connectivity index (χ2v) is 5.71. The predicted octanol–water partition coefficient (Wildman–Crippen LogP) is 2.68. The second kappa shape index (κ2) is 5.67. The van der Waals surface area contributed by atoms with Gasteiger partial charge in [0.15, 0.2) is 5.58 Å². The third kappa shape index (κ3) is 2.88. The number of fused-ring (bicyclic) bond motifs is 1. The summed E-state index contributed by atoms with van der Waals surface area (Å²) in [6, 6.07) is 6.79. The highest BCUT2D eigenvalue weighted by Gasteiger charge is 2.08. The van der Waals surface area contributed by atoms with Gasteiger partial charge >= 0.3 is 0 Å². The van der Waals surface area contributed by atoms with Crippen LogP contribution in [0.4, 0.5) is 11.7 Å². The molecule has 7 heteroatoms. The van der Waals surface area contributed by atoms with Gasteiger partial charge in [0.05, 0.1) is 12.7 Å². The molecule has 2 aromatic heterocycles. The number of anilines is 2. The van der Waals surface area contributed by atoms with E-state index in [9.17, 15) is 0 Å². The first-order valence-corrected chi connectivity index (χ1v) is 7.25. The quantitative estimate of drug-likeness (QED) is 0.781. The van der Waals surface area contributed by atoms with Crippen LogP contribution in [-0.2, 0) is 6.54 Å². The molecule has 22 heavy (non-hydrogen) atoms. The van der Waals surface area contributed by atoms with E-state index in [0.717, 1.165) is 22.5 Å². The van der Waals surface area contributed by atoms with Crippen LogP contribution in [0.2, 0.25) is 0 Å². The topological polar surface area (TPSA) is 72.0 Å². The molecule has 0 amide bonds. The van der Waals surface area contributed by atoms with E-state index in [2.05, 4.69) is 34.5 Å². The highest BCUT2D eigenvalue weighted by Crippen LogP contribution is 2.23. The highest BCUT2D eigenvalue weighted by atomic mass is 16.4. The fourth-order valence-corrected chi connectivity index (χ4v) is 2.05. The molecule has 0 saturated heterocycles. The first kappa shape index (κ1) is 14.4. The third-order valence-corrected chi connectivity index (χ3v) is 3.32. The van der Waals surface area contributed by atoms with Gasteiger partial charge in [-0.2, -0.15) is 4.98 Å². The van der Waals surface area contributed by atoms with Crippen molar-refractivity contribution in [2.45, 2.75) is 26.4 Å². The van der Waals surface area contributed by atoms with Crippen molar-refractivity contribution in [1.82, 2.24) is 20.0 Å². The highest BCUT2D eigenvalue weighted by molar-refractivity contribution is 5.78. The van der Waals surface area contributed by atoms with Crippen LogP contribution < -0.4 is 10.2 Å². The molecule has 3 rings (SSSR count). The Morgan fingerprint density at radius 1 is 1.32 bits per heavy atom. The van der Waals surface area contributed by atoms with Crippen molar-refractivity contribution >= 4 is 22.8 Å². The van der Waals surface area contributed by atoms with E-state index in [0.29, 0.717) is 18.6 Å². The Morgan fingerprint density at radius 3 is 2.82 bits per heavy atom. The maximum absolute atomic E-state index is 5.70. The summed E-state index contributed by atoms with van der Waals surface area (Å²) in [4.78, 5) is 6.24. The zero-order valence-corrected chi connectivity index (χ0v) is 13.2. The monoisotopic (exact) mass is 300 g/mol. The molecule has 3 aromatic rings. The van der Waals surface area contributed by atoms with Crippen molar-refractivity contribution in [3.8, 4) is 0 Å². The van der Waals surface area contributed by atoms with E-state index in [1.54, 1.807) is 0 Å². The van der Waals surface area contributed by atoms with Crippen molar-refractivity contribution < 1.29 is 4.42 Å². The van der Waals surface area contributed by atoms with Crippen molar-refractivity contribution in [2.75, 3.05) is 24.3 Å². The van der Waals surface area contributed by atoms with Gasteiger partial charge in [-0.05, 0) is 26.0 Å². The summed E-state index contributed by atoms with van der Waals surface area (Å²) in [5.41, 5.74) is 3.48. The Bertz CT molecular complexity index is 773. The van der Waals surface area contributed by atoms with Crippen LogP contribution in [0, 0.1) is 0 Å². The standard InChI is InChI=1S/C15H20N6O/c1-10(2)21-9-12(18-19-21)8-16-11-5-6-13-14(7-11)22-15(17-13)20(3)4/h5-7,9-10,16H,8H2,1-4H3. The van der Waals surface area contributed by atoms with Crippen LogP contribution in [0.5, 0.6) is 0 Å². The van der Waals surface area contributed by atoms with Crippen LogP contribution in [0.15, 0.2) is 28.8 Å². The molecule has 116 valence electrons. The summed E-state index contributed by atoms with van der Waals surface area (Å²) in [6.45, 7) is 4.77. The maximum Gasteiger partial charge on any atom is 0.297 e. The summed E-state index contributed by atoms with van der Waals surface area (Å²) in [5.74, 6) is 0. The van der Waals surface area contributed by atoms with E-state index in [4.69, 9.17) is 4.42 Å². The molecular formula is C15H20N6O.